The first-order chi connectivity index (χ1) is 9.53. The Bertz CT molecular complexity index is 432. The maximum absolute atomic E-state index is 12.3. The van der Waals surface area contributed by atoms with Gasteiger partial charge >= 0.3 is 6.03 Å². The summed E-state index contributed by atoms with van der Waals surface area (Å²) in [5, 5.41) is 3.29. The van der Waals surface area contributed by atoms with Crippen LogP contribution in [0.4, 0.5) is 4.79 Å². The van der Waals surface area contributed by atoms with Crippen LogP contribution in [0.25, 0.3) is 0 Å². The quantitative estimate of drug-likeness (QED) is 0.766. The lowest BCUT2D eigenvalue weighted by atomic mass is 10.1. The molecular formula is C13H25N3O3S. The summed E-state index contributed by atoms with van der Waals surface area (Å²) < 4.78 is 23.4. The number of urea groups is 1. The SMILES string of the molecule is CCCS(=O)(=O)CCN1CCN(C2CCNCC2)C1=O. The zero-order valence-corrected chi connectivity index (χ0v) is 13.0. The summed E-state index contributed by atoms with van der Waals surface area (Å²) in [4.78, 5) is 15.9. The maximum Gasteiger partial charge on any atom is 0.320 e. The molecule has 0 aliphatic carbocycles. The molecule has 0 saturated carbocycles. The fourth-order valence-corrected chi connectivity index (χ4v) is 4.25. The van der Waals surface area contributed by atoms with E-state index < -0.39 is 9.84 Å². The Labute approximate surface area is 121 Å². The molecule has 0 aromatic rings. The first kappa shape index (κ1) is 15.6. The van der Waals surface area contributed by atoms with Crippen molar-refractivity contribution in [1.29, 1.82) is 0 Å². The summed E-state index contributed by atoms with van der Waals surface area (Å²) >= 11 is 0. The highest BCUT2D eigenvalue weighted by molar-refractivity contribution is 7.91. The van der Waals surface area contributed by atoms with Crippen LogP contribution < -0.4 is 5.32 Å². The Balaban J connectivity index is 1.84. The highest BCUT2D eigenvalue weighted by Gasteiger charge is 2.34. The number of nitrogens with zero attached hydrogens (tertiary/aromatic N) is 2. The van der Waals surface area contributed by atoms with E-state index in [2.05, 4.69) is 5.32 Å². The van der Waals surface area contributed by atoms with E-state index in [0.717, 1.165) is 32.5 Å². The number of hydrogen-bond acceptors (Lipinski definition) is 4. The number of piperidine rings is 1. The Morgan fingerprint density at radius 2 is 1.90 bits per heavy atom. The van der Waals surface area contributed by atoms with Crippen LogP contribution in [0, 0.1) is 0 Å². The van der Waals surface area contributed by atoms with Crippen molar-refractivity contribution in [3.8, 4) is 0 Å². The molecule has 116 valence electrons. The maximum atomic E-state index is 12.3. The van der Waals surface area contributed by atoms with Gasteiger partial charge < -0.3 is 15.1 Å². The molecule has 2 amide bonds. The predicted octanol–water partition coefficient (Wildman–Crippen LogP) is 0.301. The van der Waals surface area contributed by atoms with Crippen molar-refractivity contribution < 1.29 is 13.2 Å². The molecule has 0 aromatic heterocycles. The summed E-state index contributed by atoms with van der Waals surface area (Å²) in [5.41, 5.74) is 0. The normalized spacial score (nSPS) is 21.8. The molecule has 2 heterocycles. The first-order valence-corrected chi connectivity index (χ1v) is 9.32. The molecule has 0 radical (unpaired) electrons. The fraction of sp³-hybridized carbons (Fsp3) is 0.923. The van der Waals surface area contributed by atoms with Crippen molar-refractivity contribution in [2.45, 2.75) is 32.2 Å². The fourth-order valence-electron chi connectivity index (χ4n) is 2.93. The second-order valence-electron chi connectivity index (χ2n) is 5.60. The van der Waals surface area contributed by atoms with Crippen LogP contribution in [0.5, 0.6) is 0 Å². The average molecular weight is 303 g/mol. The van der Waals surface area contributed by atoms with Crippen molar-refractivity contribution >= 4 is 15.9 Å². The summed E-state index contributed by atoms with van der Waals surface area (Å²) in [6, 6.07) is 0.338. The third kappa shape index (κ3) is 3.85. The Morgan fingerprint density at radius 3 is 2.55 bits per heavy atom. The third-order valence-corrected chi connectivity index (χ3v) is 5.90. The highest BCUT2D eigenvalue weighted by atomic mass is 32.2. The minimum Gasteiger partial charge on any atom is -0.322 e. The van der Waals surface area contributed by atoms with Gasteiger partial charge in [-0.1, -0.05) is 6.92 Å². The Kier molecular flexibility index (Phi) is 5.26. The lowest BCUT2D eigenvalue weighted by Crippen LogP contribution is -2.45. The smallest absolute Gasteiger partial charge is 0.320 e. The van der Waals surface area contributed by atoms with Crippen LogP contribution in [0.2, 0.25) is 0 Å². The van der Waals surface area contributed by atoms with Gasteiger partial charge in [-0.05, 0) is 32.4 Å². The second kappa shape index (κ2) is 6.76. The highest BCUT2D eigenvalue weighted by Crippen LogP contribution is 2.18. The van der Waals surface area contributed by atoms with Crippen LogP contribution >= 0.6 is 0 Å². The lowest BCUT2D eigenvalue weighted by Gasteiger charge is -2.31. The molecule has 0 spiro atoms. The number of sulfone groups is 1. The monoisotopic (exact) mass is 303 g/mol. The van der Waals surface area contributed by atoms with Crippen LogP contribution in [-0.2, 0) is 9.84 Å². The van der Waals surface area contributed by atoms with E-state index in [1.807, 2.05) is 11.8 Å². The Morgan fingerprint density at radius 1 is 1.20 bits per heavy atom. The van der Waals surface area contributed by atoms with E-state index in [9.17, 15) is 13.2 Å². The number of nitrogens with one attached hydrogen (secondary N) is 1. The Hall–Kier alpha value is -0.820. The summed E-state index contributed by atoms with van der Waals surface area (Å²) in [6.07, 6.45) is 2.62. The molecule has 0 atom stereocenters. The first-order valence-electron chi connectivity index (χ1n) is 7.50. The number of carbonyl (C=O) groups excluding carboxylic acids is 1. The number of hydrogen-bond donors (Lipinski definition) is 1. The van der Waals surface area contributed by atoms with E-state index in [-0.39, 0.29) is 17.5 Å². The van der Waals surface area contributed by atoms with Gasteiger partial charge in [0.05, 0.1) is 5.75 Å². The lowest BCUT2D eigenvalue weighted by molar-refractivity contribution is 0.167. The molecule has 2 saturated heterocycles. The predicted molar refractivity (Wildman–Crippen MR) is 78.5 cm³/mol. The average Bonchev–Trinajstić information content (AvgIpc) is 2.79. The topological polar surface area (TPSA) is 69.7 Å². The van der Waals surface area contributed by atoms with Gasteiger partial charge in [-0.3, -0.25) is 0 Å². The van der Waals surface area contributed by atoms with Crippen molar-refractivity contribution in [3.05, 3.63) is 0 Å². The molecule has 6 nitrogen and oxygen atoms in total. The zero-order chi connectivity index (χ0) is 14.6. The molecule has 2 aliphatic rings. The molecule has 0 bridgehead atoms. The van der Waals surface area contributed by atoms with Crippen molar-refractivity contribution in [2.75, 3.05) is 44.2 Å². The molecule has 2 aliphatic heterocycles. The van der Waals surface area contributed by atoms with Crippen LogP contribution in [0.3, 0.4) is 0 Å². The van der Waals surface area contributed by atoms with Gasteiger partial charge in [0.2, 0.25) is 0 Å². The summed E-state index contributed by atoms with van der Waals surface area (Å²) in [5.74, 6) is 0.305. The van der Waals surface area contributed by atoms with E-state index in [1.165, 1.54) is 0 Å². The van der Waals surface area contributed by atoms with Crippen LogP contribution in [-0.4, -0.2) is 74.5 Å². The molecule has 7 heteroatoms. The molecule has 2 fully saturated rings. The molecular weight excluding hydrogens is 278 g/mol. The van der Waals surface area contributed by atoms with Crippen molar-refractivity contribution in [1.82, 2.24) is 15.1 Å². The van der Waals surface area contributed by atoms with Gasteiger partial charge in [0.15, 0.2) is 9.84 Å². The second-order valence-corrected chi connectivity index (χ2v) is 7.90. The summed E-state index contributed by atoms with van der Waals surface area (Å²) in [7, 11) is -3.01. The largest absolute Gasteiger partial charge is 0.322 e. The summed E-state index contributed by atoms with van der Waals surface area (Å²) in [6.45, 7) is 5.50. The molecule has 2 rings (SSSR count). The van der Waals surface area contributed by atoms with Crippen LogP contribution in [0.15, 0.2) is 0 Å². The standard InChI is InChI=1S/C13H25N3O3S/c1-2-10-20(18,19)11-9-15-7-8-16(13(15)17)12-3-5-14-6-4-12/h12,14H,2-11H2,1H3. The zero-order valence-electron chi connectivity index (χ0n) is 12.2. The molecule has 0 unspecified atom stereocenters. The van der Waals surface area contributed by atoms with Crippen molar-refractivity contribution in [2.24, 2.45) is 0 Å². The number of rotatable bonds is 6. The minimum absolute atomic E-state index is 0.0172. The molecule has 0 aromatic carbocycles. The van der Waals surface area contributed by atoms with E-state index in [1.54, 1.807) is 4.90 Å². The van der Waals surface area contributed by atoms with Crippen LogP contribution in [0.1, 0.15) is 26.2 Å². The van der Waals surface area contributed by atoms with Gasteiger partial charge in [0.25, 0.3) is 0 Å². The van der Waals surface area contributed by atoms with Gasteiger partial charge in [-0.15, -0.1) is 0 Å². The number of carbonyl (C=O) groups is 1. The van der Waals surface area contributed by atoms with Gasteiger partial charge in [0.1, 0.15) is 0 Å². The molecule has 20 heavy (non-hydrogen) atoms. The van der Waals surface area contributed by atoms with E-state index >= 15 is 0 Å². The van der Waals surface area contributed by atoms with Crippen molar-refractivity contribution in [3.63, 3.8) is 0 Å². The molecule has 1 N–H and O–H groups in total. The van der Waals surface area contributed by atoms with E-state index in [4.69, 9.17) is 0 Å². The van der Waals surface area contributed by atoms with Gasteiger partial charge in [0, 0.05) is 31.4 Å². The number of amides is 2. The third-order valence-electron chi connectivity index (χ3n) is 4.06. The van der Waals surface area contributed by atoms with Gasteiger partial charge in [-0.2, -0.15) is 0 Å². The van der Waals surface area contributed by atoms with E-state index in [0.29, 0.717) is 25.6 Å². The van der Waals surface area contributed by atoms with Gasteiger partial charge in [-0.25, -0.2) is 13.2 Å². The minimum atomic E-state index is -3.01.